The highest BCUT2D eigenvalue weighted by atomic mass is 16.4. The van der Waals surface area contributed by atoms with E-state index in [9.17, 15) is 14.4 Å². The Morgan fingerprint density at radius 2 is 2.21 bits per heavy atom. The number of rotatable bonds is 7. The molecule has 1 unspecified atom stereocenters. The van der Waals surface area contributed by atoms with Crippen LogP contribution >= 0.6 is 0 Å². The van der Waals surface area contributed by atoms with E-state index in [1.54, 1.807) is 12.1 Å². The first kappa shape index (κ1) is 14.5. The first-order valence-electron chi connectivity index (χ1n) is 5.52. The molecule has 1 atom stereocenters. The van der Waals surface area contributed by atoms with E-state index in [4.69, 9.17) is 15.3 Å². The summed E-state index contributed by atoms with van der Waals surface area (Å²) in [5, 5.41) is 11.1. The topological polar surface area (TPSA) is 123 Å². The summed E-state index contributed by atoms with van der Waals surface area (Å²) < 4.78 is 4.97. The monoisotopic (exact) mass is 266 g/mol. The minimum Gasteiger partial charge on any atom is -0.480 e. The number of carboxylic acids is 1. The van der Waals surface area contributed by atoms with Gasteiger partial charge < -0.3 is 20.6 Å². The van der Waals surface area contributed by atoms with Crippen LogP contribution in [0.2, 0.25) is 0 Å². The zero-order chi connectivity index (χ0) is 14.3. The van der Waals surface area contributed by atoms with Crippen molar-refractivity contribution in [2.75, 3.05) is 0 Å². The highest BCUT2D eigenvalue weighted by Crippen LogP contribution is 2.02. The Labute approximate surface area is 109 Å². The van der Waals surface area contributed by atoms with Crippen LogP contribution in [0.25, 0.3) is 6.08 Å². The van der Waals surface area contributed by atoms with Crippen LogP contribution in [-0.2, 0) is 14.4 Å². The second-order valence-corrected chi connectivity index (χ2v) is 3.75. The molecular formula is C12H14N2O5. The lowest BCUT2D eigenvalue weighted by Gasteiger charge is -2.11. The summed E-state index contributed by atoms with van der Waals surface area (Å²) in [5.41, 5.74) is 4.92. The highest BCUT2D eigenvalue weighted by Gasteiger charge is 2.19. The SMILES string of the molecule is NC(=O)CCC(NC(=O)/C=C/c1ccco1)C(=O)O. The predicted octanol–water partition coefficient (Wildman–Crippen LogP) is 0.128. The average Bonchev–Trinajstić information content (AvgIpc) is 2.84. The van der Waals surface area contributed by atoms with Gasteiger partial charge in [0.2, 0.25) is 11.8 Å². The van der Waals surface area contributed by atoms with E-state index in [1.807, 2.05) is 0 Å². The summed E-state index contributed by atoms with van der Waals surface area (Å²) in [5.74, 6) is -1.96. The van der Waals surface area contributed by atoms with Gasteiger partial charge in [0.25, 0.3) is 0 Å². The molecule has 7 nitrogen and oxygen atoms in total. The number of primary amides is 1. The third kappa shape index (κ3) is 5.53. The van der Waals surface area contributed by atoms with E-state index in [2.05, 4.69) is 5.32 Å². The number of carboxylic acid groups (broad SMARTS) is 1. The molecule has 0 bridgehead atoms. The molecule has 0 fully saturated rings. The van der Waals surface area contributed by atoms with Crippen molar-refractivity contribution in [3.63, 3.8) is 0 Å². The molecule has 19 heavy (non-hydrogen) atoms. The number of hydrogen-bond acceptors (Lipinski definition) is 4. The second kappa shape index (κ2) is 7.00. The van der Waals surface area contributed by atoms with Crippen LogP contribution in [0.1, 0.15) is 18.6 Å². The van der Waals surface area contributed by atoms with Crippen molar-refractivity contribution >= 4 is 23.9 Å². The first-order chi connectivity index (χ1) is 8.99. The summed E-state index contributed by atoms with van der Waals surface area (Å²) in [7, 11) is 0. The third-order valence-corrected chi connectivity index (χ3v) is 2.24. The van der Waals surface area contributed by atoms with Crippen molar-refractivity contribution in [3.05, 3.63) is 30.2 Å². The van der Waals surface area contributed by atoms with Gasteiger partial charge in [-0.15, -0.1) is 0 Å². The molecule has 0 aromatic carbocycles. The maximum atomic E-state index is 11.5. The van der Waals surface area contributed by atoms with E-state index in [-0.39, 0.29) is 12.8 Å². The van der Waals surface area contributed by atoms with Crippen LogP contribution < -0.4 is 11.1 Å². The Morgan fingerprint density at radius 1 is 1.47 bits per heavy atom. The molecule has 7 heteroatoms. The molecule has 1 aromatic heterocycles. The van der Waals surface area contributed by atoms with Gasteiger partial charge in [-0.3, -0.25) is 9.59 Å². The van der Waals surface area contributed by atoms with Crippen LogP contribution in [-0.4, -0.2) is 28.9 Å². The number of nitrogens with one attached hydrogen (secondary N) is 1. The molecule has 0 aliphatic carbocycles. The van der Waals surface area contributed by atoms with Gasteiger partial charge in [-0.25, -0.2) is 4.79 Å². The van der Waals surface area contributed by atoms with Crippen LogP contribution in [0, 0.1) is 0 Å². The lowest BCUT2D eigenvalue weighted by atomic mass is 10.1. The summed E-state index contributed by atoms with van der Waals surface area (Å²) in [6.07, 6.45) is 3.84. The Bertz CT molecular complexity index is 478. The highest BCUT2D eigenvalue weighted by molar-refractivity contribution is 5.94. The molecular weight excluding hydrogens is 252 g/mol. The lowest BCUT2D eigenvalue weighted by molar-refractivity contribution is -0.141. The van der Waals surface area contributed by atoms with Crippen molar-refractivity contribution in [2.45, 2.75) is 18.9 Å². The van der Waals surface area contributed by atoms with Gasteiger partial charge in [0, 0.05) is 12.5 Å². The fraction of sp³-hybridized carbons (Fsp3) is 0.250. The zero-order valence-electron chi connectivity index (χ0n) is 10.0. The van der Waals surface area contributed by atoms with Gasteiger partial charge in [0.1, 0.15) is 11.8 Å². The molecule has 1 rings (SSSR count). The average molecular weight is 266 g/mol. The van der Waals surface area contributed by atoms with Gasteiger partial charge in [0.05, 0.1) is 6.26 Å². The Balaban J connectivity index is 2.51. The van der Waals surface area contributed by atoms with E-state index in [0.29, 0.717) is 5.76 Å². The molecule has 0 aliphatic rings. The van der Waals surface area contributed by atoms with Gasteiger partial charge >= 0.3 is 5.97 Å². The molecule has 0 saturated carbocycles. The molecule has 0 saturated heterocycles. The summed E-state index contributed by atoms with van der Waals surface area (Å²) >= 11 is 0. The fourth-order valence-corrected chi connectivity index (χ4v) is 1.31. The smallest absolute Gasteiger partial charge is 0.326 e. The van der Waals surface area contributed by atoms with Crippen molar-refractivity contribution < 1.29 is 23.9 Å². The van der Waals surface area contributed by atoms with Crippen LogP contribution in [0.5, 0.6) is 0 Å². The van der Waals surface area contributed by atoms with Gasteiger partial charge in [0.15, 0.2) is 0 Å². The van der Waals surface area contributed by atoms with E-state index >= 15 is 0 Å². The van der Waals surface area contributed by atoms with Crippen LogP contribution in [0.3, 0.4) is 0 Å². The van der Waals surface area contributed by atoms with Gasteiger partial charge in [-0.1, -0.05) is 0 Å². The number of nitrogens with two attached hydrogens (primary N) is 1. The maximum absolute atomic E-state index is 11.5. The number of amides is 2. The number of hydrogen-bond donors (Lipinski definition) is 3. The van der Waals surface area contributed by atoms with E-state index < -0.39 is 23.8 Å². The van der Waals surface area contributed by atoms with Gasteiger partial charge in [-0.2, -0.15) is 0 Å². The van der Waals surface area contributed by atoms with Crippen molar-refractivity contribution in [2.24, 2.45) is 5.73 Å². The van der Waals surface area contributed by atoms with E-state index in [1.165, 1.54) is 12.3 Å². The minimum atomic E-state index is -1.22. The largest absolute Gasteiger partial charge is 0.480 e. The number of carbonyl (C=O) groups excluding carboxylic acids is 2. The summed E-state index contributed by atoms with van der Waals surface area (Å²) in [4.78, 5) is 32.9. The number of aliphatic carboxylic acids is 1. The third-order valence-electron chi connectivity index (χ3n) is 2.24. The molecule has 1 heterocycles. The first-order valence-corrected chi connectivity index (χ1v) is 5.52. The summed E-state index contributed by atoms with van der Waals surface area (Å²) in [6.45, 7) is 0. The molecule has 0 spiro atoms. The predicted molar refractivity (Wildman–Crippen MR) is 65.7 cm³/mol. The van der Waals surface area contributed by atoms with Crippen molar-refractivity contribution in [1.82, 2.24) is 5.32 Å². The lowest BCUT2D eigenvalue weighted by Crippen LogP contribution is -2.40. The van der Waals surface area contributed by atoms with Crippen molar-refractivity contribution in [3.8, 4) is 0 Å². The van der Waals surface area contributed by atoms with Crippen LogP contribution in [0.4, 0.5) is 0 Å². The summed E-state index contributed by atoms with van der Waals surface area (Å²) in [6, 6.07) is 2.15. The Morgan fingerprint density at radius 3 is 2.74 bits per heavy atom. The number of furan rings is 1. The Kier molecular flexibility index (Phi) is 5.34. The minimum absolute atomic E-state index is 0.0506. The van der Waals surface area contributed by atoms with Gasteiger partial charge in [-0.05, 0) is 24.6 Å². The Hall–Kier alpha value is -2.57. The molecule has 2 amide bonds. The molecule has 1 aromatic rings. The fourth-order valence-electron chi connectivity index (χ4n) is 1.31. The van der Waals surface area contributed by atoms with Crippen molar-refractivity contribution in [1.29, 1.82) is 0 Å². The molecule has 0 aliphatic heterocycles. The molecule has 0 radical (unpaired) electrons. The normalized spacial score (nSPS) is 12.2. The van der Waals surface area contributed by atoms with Crippen LogP contribution in [0.15, 0.2) is 28.9 Å². The second-order valence-electron chi connectivity index (χ2n) is 3.75. The number of carbonyl (C=O) groups is 3. The van der Waals surface area contributed by atoms with E-state index in [0.717, 1.165) is 6.08 Å². The maximum Gasteiger partial charge on any atom is 0.326 e. The molecule has 102 valence electrons. The quantitative estimate of drug-likeness (QED) is 0.605. The zero-order valence-corrected chi connectivity index (χ0v) is 10.0. The standard InChI is InChI=1S/C12H14N2O5/c13-10(15)5-4-9(12(17)18)14-11(16)6-3-8-2-1-7-19-8/h1-3,6-7,9H,4-5H2,(H2,13,15)(H,14,16)(H,17,18)/b6-3+. The molecule has 4 N–H and O–H groups in total.